The smallest absolute Gasteiger partial charge is 0.335 e. The number of rotatable bonds is 5. The number of aromatic carboxylic acids is 1. The summed E-state index contributed by atoms with van der Waals surface area (Å²) in [7, 11) is 0. The van der Waals surface area contributed by atoms with Crippen LogP contribution in [-0.2, 0) is 4.79 Å². The molecule has 3 aromatic rings. The predicted octanol–water partition coefficient (Wildman–Crippen LogP) is 4.65. The standard InChI is InChI=1S/C24H21N3O3/c1-15-7-9-21(10-8-15)26-23(28)20(14-25)12-19-11-16(2)27(17(19)3)22-6-4-5-18(13-22)24(29)30/h4-13H,1-3H3,(H,26,28)(H,29,30)/b20-12-. The van der Waals surface area contributed by atoms with E-state index in [4.69, 9.17) is 0 Å². The molecule has 0 radical (unpaired) electrons. The molecule has 0 aliphatic rings. The van der Waals surface area contributed by atoms with E-state index in [1.807, 2.05) is 55.7 Å². The minimum atomic E-state index is -1.00. The molecule has 0 atom stereocenters. The van der Waals surface area contributed by atoms with E-state index in [1.54, 1.807) is 30.3 Å². The van der Waals surface area contributed by atoms with Gasteiger partial charge in [-0.2, -0.15) is 5.26 Å². The van der Waals surface area contributed by atoms with Gasteiger partial charge in [-0.25, -0.2) is 4.79 Å². The summed E-state index contributed by atoms with van der Waals surface area (Å²) in [6, 6.07) is 17.8. The van der Waals surface area contributed by atoms with Gasteiger partial charge >= 0.3 is 5.97 Å². The number of hydrogen-bond donors (Lipinski definition) is 2. The van der Waals surface area contributed by atoms with Crippen LogP contribution in [0.15, 0.2) is 60.2 Å². The summed E-state index contributed by atoms with van der Waals surface area (Å²) in [6.45, 7) is 5.70. The number of nitriles is 1. The van der Waals surface area contributed by atoms with Crippen molar-refractivity contribution >= 4 is 23.6 Å². The van der Waals surface area contributed by atoms with Gasteiger partial charge < -0.3 is 15.0 Å². The van der Waals surface area contributed by atoms with Gasteiger partial charge in [-0.05, 0) is 68.8 Å². The molecule has 150 valence electrons. The van der Waals surface area contributed by atoms with E-state index >= 15 is 0 Å². The molecule has 0 saturated carbocycles. The average Bonchev–Trinajstić information content (AvgIpc) is 3.00. The Bertz CT molecular complexity index is 1200. The summed E-state index contributed by atoms with van der Waals surface area (Å²) in [5.41, 5.74) is 4.92. The zero-order valence-corrected chi connectivity index (χ0v) is 16.9. The molecule has 2 aromatic carbocycles. The average molecular weight is 399 g/mol. The second kappa shape index (κ2) is 8.50. The number of aryl methyl sites for hydroxylation is 2. The van der Waals surface area contributed by atoms with Crippen molar-refractivity contribution in [2.24, 2.45) is 0 Å². The molecular weight excluding hydrogens is 378 g/mol. The molecule has 0 bridgehead atoms. The topological polar surface area (TPSA) is 95.1 Å². The first kappa shape index (κ1) is 20.6. The maximum Gasteiger partial charge on any atom is 0.335 e. The van der Waals surface area contributed by atoms with Crippen LogP contribution in [0.4, 0.5) is 5.69 Å². The Hall–Kier alpha value is -4.11. The maximum atomic E-state index is 12.6. The van der Waals surface area contributed by atoms with Gasteiger partial charge in [0.2, 0.25) is 0 Å². The number of amides is 1. The summed E-state index contributed by atoms with van der Waals surface area (Å²) in [4.78, 5) is 23.8. The normalized spacial score (nSPS) is 11.1. The van der Waals surface area contributed by atoms with Crippen molar-refractivity contribution in [3.8, 4) is 11.8 Å². The van der Waals surface area contributed by atoms with Gasteiger partial charge in [-0.15, -0.1) is 0 Å². The Morgan fingerprint density at radius 3 is 2.40 bits per heavy atom. The Morgan fingerprint density at radius 1 is 1.07 bits per heavy atom. The summed E-state index contributed by atoms with van der Waals surface area (Å²) in [5, 5.41) is 21.5. The van der Waals surface area contributed by atoms with Crippen LogP contribution in [0, 0.1) is 32.1 Å². The molecule has 0 unspecified atom stereocenters. The van der Waals surface area contributed by atoms with E-state index in [1.165, 1.54) is 6.07 Å². The molecule has 0 fully saturated rings. The number of nitrogens with one attached hydrogen (secondary N) is 1. The third-order valence-corrected chi connectivity index (χ3v) is 4.80. The van der Waals surface area contributed by atoms with Crippen LogP contribution in [0.1, 0.15) is 32.9 Å². The van der Waals surface area contributed by atoms with Gasteiger partial charge in [0, 0.05) is 22.8 Å². The fourth-order valence-electron chi connectivity index (χ4n) is 3.25. The first-order chi connectivity index (χ1) is 14.3. The van der Waals surface area contributed by atoms with Crippen molar-refractivity contribution in [2.75, 3.05) is 5.32 Å². The van der Waals surface area contributed by atoms with E-state index in [0.717, 1.165) is 17.0 Å². The van der Waals surface area contributed by atoms with Gasteiger partial charge in [-0.1, -0.05) is 23.8 Å². The molecule has 0 aliphatic heterocycles. The number of carbonyl (C=O) groups excluding carboxylic acids is 1. The highest BCUT2D eigenvalue weighted by atomic mass is 16.4. The van der Waals surface area contributed by atoms with Crippen LogP contribution in [0.25, 0.3) is 11.8 Å². The fraction of sp³-hybridized carbons (Fsp3) is 0.125. The number of carboxylic acid groups (broad SMARTS) is 1. The van der Waals surface area contributed by atoms with Crippen molar-refractivity contribution < 1.29 is 14.7 Å². The van der Waals surface area contributed by atoms with E-state index in [9.17, 15) is 20.0 Å². The molecule has 3 rings (SSSR count). The van der Waals surface area contributed by atoms with Crippen molar-refractivity contribution in [3.63, 3.8) is 0 Å². The largest absolute Gasteiger partial charge is 0.478 e. The van der Waals surface area contributed by atoms with E-state index in [0.29, 0.717) is 16.9 Å². The van der Waals surface area contributed by atoms with E-state index < -0.39 is 11.9 Å². The van der Waals surface area contributed by atoms with Crippen LogP contribution in [0.3, 0.4) is 0 Å². The second-order valence-electron chi connectivity index (χ2n) is 7.01. The first-order valence-corrected chi connectivity index (χ1v) is 9.32. The number of anilines is 1. The lowest BCUT2D eigenvalue weighted by molar-refractivity contribution is -0.112. The number of nitrogens with zero attached hydrogens (tertiary/aromatic N) is 2. The Morgan fingerprint density at radius 2 is 1.77 bits per heavy atom. The van der Waals surface area contributed by atoms with Gasteiger partial charge in [0.15, 0.2) is 0 Å². The molecule has 30 heavy (non-hydrogen) atoms. The van der Waals surface area contributed by atoms with Crippen molar-refractivity contribution in [1.29, 1.82) is 5.26 Å². The molecular formula is C24H21N3O3. The van der Waals surface area contributed by atoms with Crippen molar-refractivity contribution in [3.05, 3.63) is 88.2 Å². The molecule has 0 saturated heterocycles. The molecule has 6 nitrogen and oxygen atoms in total. The van der Waals surface area contributed by atoms with E-state index in [2.05, 4.69) is 5.32 Å². The van der Waals surface area contributed by atoms with Gasteiger partial charge in [-0.3, -0.25) is 4.79 Å². The monoisotopic (exact) mass is 399 g/mol. The van der Waals surface area contributed by atoms with Gasteiger partial charge in [0.25, 0.3) is 5.91 Å². The van der Waals surface area contributed by atoms with Crippen molar-refractivity contribution in [1.82, 2.24) is 4.57 Å². The zero-order chi connectivity index (χ0) is 21.8. The third kappa shape index (κ3) is 4.31. The lowest BCUT2D eigenvalue weighted by atomic mass is 10.1. The van der Waals surface area contributed by atoms with Crippen LogP contribution in [0.2, 0.25) is 0 Å². The molecule has 2 N–H and O–H groups in total. The third-order valence-electron chi connectivity index (χ3n) is 4.80. The highest BCUT2D eigenvalue weighted by molar-refractivity contribution is 6.09. The Balaban J connectivity index is 1.94. The first-order valence-electron chi connectivity index (χ1n) is 9.32. The van der Waals surface area contributed by atoms with Gasteiger partial charge in [0.1, 0.15) is 11.6 Å². The lowest BCUT2D eigenvalue weighted by Crippen LogP contribution is -2.13. The number of carbonyl (C=O) groups is 2. The van der Waals surface area contributed by atoms with Crippen LogP contribution in [-0.4, -0.2) is 21.6 Å². The fourth-order valence-corrected chi connectivity index (χ4v) is 3.25. The Kier molecular flexibility index (Phi) is 5.84. The van der Waals surface area contributed by atoms with Crippen LogP contribution >= 0.6 is 0 Å². The number of benzene rings is 2. The summed E-state index contributed by atoms with van der Waals surface area (Å²) >= 11 is 0. The summed E-state index contributed by atoms with van der Waals surface area (Å²) in [5.74, 6) is -1.49. The van der Waals surface area contributed by atoms with E-state index in [-0.39, 0.29) is 11.1 Å². The van der Waals surface area contributed by atoms with Crippen LogP contribution < -0.4 is 5.32 Å². The highest BCUT2D eigenvalue weighted by Crippen LogP contribution is 2.24. The van der Waals surface area contributed by atoms with Gasteiger partial charge in [0.05, 0.1) is 5.56 Å². The molecule has 1 heterocycles. The van der Waals surface area contributed by atoms with Crippen LogP contribution in [0.5, 0.6) is 0 Å². The second-order valence-corrected chi connectivity index (χ2v) is 7.01. The quantitative estimate of drug-likeness (QED) is 0.482. The molecule has 0 spiro atoms. The molecule has 0 aliphatic carbocycles. The van der Waals surface area contributed by atoms with Crippen molar-refractivity contribution in [2.45, 2.75) is 20.8 Å². The number of carboxylic acids is 1. The zero-order valence-electron chi connectivity index (χ0n) is 16.9. The lowest BCUT2D eigenvalue weighted by Gasteiger charge is -2.10. The number of hydrogen-bond acceptors (Lipinski definition) is 3. The summed E-state index contributed by atoms with van der Waals surface area (Å²) in [6.07, 6.45) is 1.55. The molecule has 1 amide bonds. The number of aromatic nitrogens is 1. The minimum Gasteiger partial charge on any atom is -0.478 e. The SMILES string of the molecule is Cc1ccc(NC(=O)/C(C#N)=C\c2cc(C)n(-c3cccc(C(=O)O)c3)c2C)cc1. The Labute approximate surface area is 174 Å². The summed E-state index contributed by atoms with van der Waals surface area (Å²) < 4.78 is 1.89. The molecule has 6 heteroatoms. The minimum absolute atomic E-state index is 0.0184. The highest BCUT2D eigenvalue weighted by Gasteiger charge is 2.15. The molecule has 1 aromatic heterocycles. The maximum absolute atomic E-state index is 12.6. The predicted molar refractivity (Wildman–Crippen MR) is 116 cm³/mol.